The molecule has 0 fully saturated rings. The second-order valence-electron chi connectivity index (χ2n) is 8.12. The molecule has 0 unspecified atom stereocenters. The summed E-state index contributed by atoms with van der Waals surface area (Å²) < 4.78 is 5.57. The van der Waals surface area contributed by atoms with E-state index in [2.05, 4.69) is 16.7 Å². The first-order chi connectivity index (χ1) is 16.9. The highest BCUT2D eigenvalue weighted by Gasteiger charge is 2.17. The van der Waals surface area contributed by atoms with Crippen molar-refractivity contribution in [1.82, 2.24) is 13.9 Å². The van der Waals surface area contributed by atoms with Crippen LogP contribution >= 0.6 is 46.9 Å². The van der Waals surface area contributed by atoms with E-state index in [0.29, 0.717) is 27.1 Å². The summed E-state index contributed by atoms with van der Waals surface area (Å²) in [6, 6.07) is 25.2. The topological polar surface area (TPSA) is 44.2 Å². The number of halogens is 3. The van der Waals surface area contributed by atoms with Crippen molar-refractivity contribution in [2.24, 2.45) is 12.0 Å². The zero-order valence-electron chi connectivity index (χ0n) is 19.6. The van der Waals surface area contributed by atoms with Crippen LogP contribution in [0.2, 0.25) is 10.0 Å². The molecule has 2 heterocycles. The lowest BCUT2D eigenvalue weighted by Gasteiger charge is -2.11. The van der Waals surface area contributed by atoms with Crippen LogP contribution in [0.1, 0.15) is 11.3 Å². The third-order valence-corrected chi connectivity index (χ3v) is 7.33. The minimum absolute atomic E-state index is 0. The van der Waals surface area contributed by atoms with Gasteiger partial charge in [-0.25, -0.2) is 9.67 Å². The molecule has 5 nitrogen and oxygen atoms in total. The Morgan fingerprint density at radius 2 is 1.61 bits per heavy atom. The monoisotopic (exact) mass is 556 g/mol. The molecule has 0 aliphatic carbocycles. The standard InChI is InChI=1S/C27H22Cl2N4OS.ClH/c1-18-25(26(34)33(31(18)2)21-11-7-4-8-12-21)30-27-32(16-19-9-5-3-6-10-19)24(17-35-27)22-14-13-20(28)15-23(22)29;/h3-15,17H,16H2,1-2H3;1H. The van der Waals surface area contributed by atoms with E-state index in [4.69, 9.17) is 28.2 Å². The molecule has 3 aromatic carbocycles. The minimum atomic E-state index is -0.165. The van der Waals surface area contributed by atoms with Crippen LogP contribution in [-0.2, 0) is 13.6 Å². The van der Waals surface area contributed by atoms with Crippen molar-refractivity contribution in [1.29, 1.82) is 0 Å². The van der Waals surface area contributed by atoms with Crippen LogP contribution in [0.3, 0.4) is 0 Å². The molecule has 0 radical (unpaired) electrons. The first-order valence-electron chi connectivity index (χ1n) is 11.0. The summed E-state index contributed by atoms with van der Waals surface area (Å²) in [5.74, 6) is 0. The van der Waals surface area contributed by atoms with Crippen LogP contribution < -0.4 is 10.4 Å². The average Bonchev–Trinajstić information content (AvgIpc) is 3.34. The Morgan fingerprint density at radius 1 is 0.944 bits per heavy atom. The number of benzene rings is 3. The van der Waals surface area contributed by atoms with E-state index in [1.54, 1.807) is 10.7 Å². The lowest BCUT2D eigenvalue weighted by atomic mass is 10.1. The number of para-hydroxylation sites is 1. The van der Waals surface area contributed by atoms with Crippen LogP contribution in [0.5, 0.6) is 0 Å². The highest BCUT2D eigenvalue weighted by molar-refractivity contribution is 7.07. The van der Waals surface area contributed by atoms with Gasteiger partial charge in [0.25, 0.3) is 5.56 Å². The molecule has 184 valence electrons. The largest absolute Gasteiger partial charge is 0.312 e. The zero-order chi connectivity index (χ0) is 24.5. The molecule has 0 saturated heterocycles. The first-order valence-corrected chi connectivity index (χ1v) is 12.6. The van der Waals surface area contributed by atoms with E-state index in [9.17, 15) is 4.79 Å². The zero-order valence-corrected chi connectivity index (χ0v) is 22.7. The van der Waals surface area contributed by atoms with Gasteiger partial charge in [0.15, 0.2) is 10.5 Å². The molecule has 0 aliphatic rings. The predicted molar refractivity (Wildman–Crippen MR) is 152 cm³/mol. The highest BCUT2D eigenvalue weighted by Crippen LogP contribution is 2.31. The fourth-order valence-electron chi connectivity index (χ4n) is 4.03. The summed E-state index contributed by atoms with van der Waals surface area (Å²) in [5.41, 5.74) is 4.71. The summed E-state index contributed by atoms with van der Waals surface area (Å²) >= 11 is 14.2. The summed E-state index contributed by atoms with van der Waals surface area (Å²) in [4.78, 5) is 19.1. The molecule has 5 aromatic rings. The van der Waals surface area contributed by atoms with E-state index in [0.717, 1.165) is 28.2 Å². The van der Waals surface area contributed by atoms with Crippen LogP contribution in [-0.4, -0.2) is 13.9 Å². The van der Waals surface area contributed by atoms with Gasteiger partial charge < -0.3 is 4.57 Å². The molecule has 0 spiro atoms. The smallest absolute Gasteiger partial charge is 0.297 e. The Hall–Kier alpha value is -3.03. The van der Waals surface area contributed by atoms with Crippen LogP contribution in [0, 0.1) is 6.92 Å². The molecule has 0 aliphatic heterocycles. The first kappa shape index (κ1) is 26.0. The fourth-order valence-corrected chi connectivity index (χ4v) is 5.44. The molecular weight excluding hydrogens is 535 g/mol. The molecule has 2 aromatic heterocycles. The maximum Gasteiger partial charge on any atom is 0.297 e. The number of hydrogen-bond donors (Lipinski definition) is 0. The lowest BCUT2D eigenvalue weighted by molar-refractivity contribution is 0.630. The van der Waals surface area contributed by atoms with Gasteiger partial charge in [-0.2, -0.15) is 0 Å². The van der Waals surface area contributed by atoms with Gasteiger partial charge in [0.05, 0.1) is 28.6 Å². The number of aromatic nitrogens is 3. The van der Waals surface area contributed by atoms with E-state index < -0.39 is 0 Å². The lowest BCUT2D eigenvalue weighted by Crippen LogP contribution is -2.20. The molecule has 0 amide bonds. The Labute approximate surface area is 228 Å². The van der Waals surface area contributed by atoms with Gasteiger partial charge in [0, 0.05) is 23.0 Å². The van der Waals surface area contributed by atoms with E-state index in [1.807, 2.05) is 84.7 Å². The van der Waals surface area contributed by atoms with Gasteiger partial charge in [-0.15, -0.1) is 23.7 Å². The quantitative estimate of drug-likeness (QED) is 0.229. The molecular formula is C27H23Cl3N4OS. The Morgan fingerprint density at radius 3 is 2.28 bits per heavy atom. The van der Waals surface area contributed by atoms with Crippen LogP contribution in [0.4, 0.5) is 5.69 Å². The van der Waals surface area contributed by atoms with Gasteiger partial charge in [-0.3, -0.25) is 9.48 Å². The molecule has 9 heteroatoms. The summed E-state index contributed by atoms with van der Waals surface area (Å²) in [6.45, 7) is 2.49. The maximum absolute atomic E-state index is 13.5. The number of nitrogens with zero attached hydrogens (tertiary/aromatic N) is 4. The molecule has 5 rings (SSSR count). The van der Waals surface area contributed by atoms with Gasteiger partial charge in [-0.05, 0) is 42.8 Å². The normalized spacial score (nSPS) is 11.5. The van der Waals surface area contributed by atoms with E-state index >= 15 is 0 Å². The minimum Gasteiger partial charge on any atom is -0.312 e. The van der Waals surface area contributed by atoms with Crippen LogP contribution in [0.15, 0.2) is 94.0 Å². The Kier molecular flexibility index (Phi) is 7.91. The van der Waals surface area contributed by atoms with Crippen LogP contribution in [0.25, 0.3) is 16.9 Å². The van der Waals surface area contributed by atoms with Gasteiger partial charge in [-0.1, -0.05) is 71.7 Å². The molecule has 0 N–H and O–H groups in total. The Bertz CT molecular complexity index is 1630. The van der Waals surface area contributed by atoms with Crippen molar-refractivity contribution in [3.05, 3.63) is 121 Å². The summed E-state index contributed by atoms with van der Waals surface area (Å²) in [6.07, 6.45) is 0. The second kappa shape index (κ2) is 10.9. The predicted octanol–water partition coefficient (Wildman–Crippen LogP) is 7.02. The second-order valence-corrected chi connectivity index (χ2v) is 9.80. The van der Waals surface area contributed by atoms with Crippen molar-refractivity contribution in [2.75, 3.05) is 0 Å². The SMILES string of the molecule is Cc1c(N=c2scc(-c3ccc(Cl)cc3Cl)n2Cc2ccccc2)c(=O)n(-c2ccccc2)n1C.Cl. The summed E-state index contributed by atoms with van der Waals surface area (Å²) in [7, 11) is 1.87. The number of thiazole rings is 1. The third-order valence-electron chi connectivity index (χ3n) is 5.92. The highest BCUT2D eigenvalue weighted by atomic mass is 35.5. The number of hydrogen-bond acceptors (Lipinski definition) is 3. The Balaban J connectivity index is 0.00000304. The van der Waals surface area contributed by atoms with Crippen molar-refractivity contribution in [2.45, 2.75) is 13.5 Å². The van der Waals surface area contributed by atoms with Crippen molar-refractivity contribution in [3.8, 4) is 16.9 Å². The van der Waals surface area contributed by atoms with Gasteiger partial charge in [0.1, 0.15) is 0 Å². The van der Waals surface area contributed by atoms with E-state index in [1.165, 1.54) is 11.3 Å². The van der Waals surface area contributed by atoms with Crippen molar-refractivity contribution in [3.63, 3.8) is 0 Å². The number of rotatable bonds is 5. The fraction of sp³-hybridized carbons (Fsp3) is 0.111. The third kappa shape index (κ3) is 4.95. The maximum atomic E-state index is 13.5. The van der Waals surface area contributed by atoms with E-state index in [-0.39, 0.29) is 18.0 Å². The molecule has 0 bridgehead atoms. The molecule has 36 heavy (non-hydrogen) atoms. The van der Waals surface area contributed by atoms with Crippen molar-refractivity contribution >= 4 is 52.6 Å². The summed E-state index contributed by atoms with van der Waals surface area (Å²) in [5, 5.41) is 3.16. The van der Waals surface area contributed by atoms with Gasteiger partial charge >= 0.3 is 0 Å². The van der Waals surface area contributed by atoms with Gasteiger partial charge in [0.2, 0.25) is 0 Å². The van der Waals surface area contributed by atoms with Crippen molar-refractivity contribution < 1.29 is 0 Å². The molecule has 0 atom stereocenters. The average molecular weight is 558 g/mol. The molecule has 0 saturated carbocycles.